The molecule has 2 aliphatic heterocycles. The molecule has 2 aliphatic rings. The predicted molar refractivity (Wildman–Crippen MR) is 98.9 cm³/mol. The molecule has 6 nitrogen and oxygen atoms in total. The number of rotatable bonds is 6. The lowest BCUT2D eigenvalue weighted by molar-refractivity contribution is -0.0129. The summed E-state index contributed by atoms with van der Waals surface area (Å²) < 4.78 is 16.0. The van der Waals surface area contributed by atoms with Crippen LogP contribution in [0.5, 0.6) is 11.5 Å². The van der Waals surface area contributed by atoms with Gasteiger partial charge in [0.15, 0.2) is 0 Å². The van der Waals surface area contributed by atoms with Crippen LogP contribution in [0.3, 0.4) is 0 Å². The van der Waals surface area contributed by atoms with E-state index in [9.17, 15) is 4.79 Å². The minimum absolute atomic E-state index is 0.0316. The predicted octanol–water partition coefficient (Wildman–Crippen LogP) is 1.64. The van der Waals surface area contributed by atoms with Crippen LogP contribution >= 0.6 is 11.8 Å². The highest BCUT2D eigenvalue weighted by Crippen LogP contribution is 2.34. The van der Waals surface area contributed by atoms with Crippen molar-refractivity contribution in [3.8, 4) is 11.5 Å². The van der Waals surface area contributed by atoms with E-state index in [1.807, 2.05) is 11.8 Å². The second-order valence-electron chi connectivity index (χ2n) is 6.38. The Bertz CT molecular complexity index is 599. The Hall–Kier alpha value is -1.44. The van der Waals surface area contributed by atoms with Gasteiger partial charge in [-0.2, -0.15) is 11.8 Å². The van der Waals surface area contributed by atoms with Crippen molar-refractivity contribution in [3.63, 3.8) is 0 Å². The molecule has 2 saturated heterocycles. The van der Waals surface area contributed by atoms with Crippen molar-refractivity contribution < 1.29 is 19.0 Å². The van der Waals surface area contributed by atoms with Crippen LogP contribution in [0.2, 0.25) is 0 Å². The Kier molecular flexibility index (Phi) is 6.09. The molecule has 25 heavy (non-hydrogen) atoms. The zero-order valence-corrected chi connectivity index (χ0v) is 15.7. The maximum Gasteiger partial charge on any atom is 0.255 e. The van der Waals surface area contributed by atoms with E-state index in [-0.39, 0.29) is 11.4 Å². The zero-order valence-electron chi connectivity index (χ0n) is 14.9. The quantitative estimate of drug-likeness (QED) is 0.826. The Labute approximate surface area is 153 Å². The average molecular weight is 366 g/mol. The molecule has 138 valence electrons. The van der Waals surface area contributed by atoms with E-state index in [0.29, 0.717) is 23.6 Å². The number of hydrogen-bond acceptors (Lipinski definition) is 6. The maximum absolute atomic E-state index is 12.7. The molecular formula is C18H26N2O4S. The molecular weight excluding hydrogens is 340 g/mol. The first-order valence-electron chi connectivity index (χ1n) is 8.59. The van der Waals surface area contributed by atoms with Crippen molar-refractivity contribution in [2.24, 2.45) is 0 Å². The third-order valence-electron chi connectivity index (χ3n) is 5.00. The van der Waals surface area contributed by atoms with Crippen LogP contribution in [-0.2, 0) is 4.74 Å². The third kappa shape index (κ3) is 4.04. The van der Waals surface area contributed by atoms with Gasteiger partial charge in [-0.05, 0) is 24.3 Å². The summed E-state index contributed by atoms with van der Waals surface area (Å²) in [7, 11) is 3.16. The summed E-state index contributed by atoms with van der Waals surface area (Å²) in [6.45, 7) is 4.05. The first kappa shape index (κ1) is 18.4. The molecule has 1 amide bonds. The number of methoxy groups -OCH3 is 2. The molecule has 2 heterocycles. The summed E-state index contributed by atoms with van der Waals surface area (Å²) in [5, 5.41) is 3.14. The van der Waals surface area contributed by atoms with Crippen molar-refractivity contribution in [2.45, 2.75) is 12.0 Å². The Morgan fingerprint density at radius 3 is 2.76 bits per heavy atom. The third-order valence-corrected chi connectivity index (χ3v) is 6.23. The van der Waals surface area contributed by atoms with E-state index >= 15 is 0 Å². The van der Waals surface area contributed by atoms with Gasteiger partial charge in [-0.15, -0.1) is 0 Å². The summed E-state index contributed by atoms with van der Waals surface area (Å²) in [4.78, 5) is 15.2. The minimum Gasteiger partial charge on any atom is -0.497 e. The Morgan fingerprint density at radius 1 is 1.32 bits per heavy atom. The van der Waals surface area contributed by atoms with E-state index in [1.54, 1.807) is 32.4 Å². The normalized spacial score (nSPS) is 24.1. The van der Waals surface area contributed by atoms with E-state index in [2.05, 4.69) is 10.2 Å². The largest absolute Gasteiger partial charge is 0.497 e. The summed E-state index contributed by atoms with van der Waals surface area (Å²) in [5.41, 5.74) is 0.565. The molecule has 7 heteroatoms. The first-order chi connectivity index (χ1) is 12.2. The lowest BCUT2D eigenvalue weighted by Crippen LogP contribution is -2.59. The molecule has 0 saturated carbocycles. The number of carbonyl (C=O) groups excluding carboxylic acids is 1. The summed E-state index contributed by atoms with van der Waals surface area (Å²) in [6, 6.07) is 5.26. The van der Waals surface area contributed by atoms with Crippen molar-refractivity contribution in [3.05, 3.63) is 23.8 Å². The molecule has 3 rings (SSSR count). The molecule has 1 unspecified atom stereocenters. The van der Waals surface area contributed by atoms with Gasteiger partial charge in [-0.25, -0.2) is 0 Å². The van der Waals surface area contributed by atoms with Crippen molar-refractivity contribution in [1.29, 1.82) is 0 Å². The molecule has 0 aliphatic carbocycles. The summed E-state index contributed by atoms with van der Waals surface area (Å²) >= 11 is 1.96. The number of carbonyl (C=O) groups is 1. The number of ether oxygens (including phenoxy) is 3. The van der Waals surface area contributed by atoms with Gasteiger partial charge >= 0.3 is 0 Å². The van der Waals surface area contributed by atoms with Gasteiger partial charge < -0.3 is 19.5 Å². The van der Waals surface area contributed by atoms with Gasteiger partial charge in [-0.1, -0.05) is 0 Å². The monoisotopic (exact) mass is 366 g/mol. The molecule has 1 atom stereocenters. The van der Waals surface area contributed by atoms with Crippen molar-refractivity contribution in [2.75, 3.05) is 58.6 Å². The second kappa shape index (κ2) is 8.29. The number of thioether (sulfide) groups is 1. The van der Waals surface area contributed by atoms with Crippen molar-refractivity contribution >= 4 is 17.7 Å². The smallest absolute Gasteiger partial charge is 0.255 e. The van der Waals surface area contributed by atoms with Crippen LogP contribution in [0.15, 0.2) is 18.2 Å². The standard InChI is InChI=1S/C18H26N2O4S/c1-22-14-3-4-15(16(11-14)23-2)17(21)19-12-18(5-10-25-13-18)20-6-8-24-9-7-20/h3-4,11H,5-10,12-13H2,1-2H3,(H,19,21). The highest BCUT2D eigenvalue weighted by atomic mass is 32.2. The summed E-state index contributed by atoms with van der Waals surface area (Å²) in [5.74, 6) is 3.28. The Morgan fingerprint density at radius 2 is 2.12 bits per heavy atom. The number of benzene rings is 1. The van der Waals surface area contributed by atoms with Gasteiger partial charge in [0.25, 0.3) is 5.91 Å². The maximum atomic E-state index is 12.7. The van der Waals surface area contributed by atoms with E-state index in [0.717, 1.165) is 44.2 Å². The van der Waals surface area contributed by atoms with Crippen LogP contribution in [0.1, 0.15) is 16.8 Å². The van der Waals surface area contributed by atoms with Crippen LogP contribution in [0, 0.1) is 0 Å². The summed E-state index contributed by atoms with van der Waals surface area (Å²) in [6.07, 6.45) is 1.09. The molecule has 0 bridgehead atoms. The number of morpholine rings is 1. The number of nitrogens with one attached hydrogen (secondary N) is 1. The molecule has 1 aromatic carbocycles. The lowest BCUT2D eigenvalue weighted by Gasteiger charge is -2.43. The van der Waals surface area contributed by atoms with Gasteiger partial charge in [0.05, 0.1) is 33.0 Å². The van der Waals surface area contributed by atoms with E-state index in [1.165, 1.54) is 0 Å². The average Bonchev–Trinajstić information content (AvgIpc) is 3.16. The molecule has 1 aromatic rings. The SMILES string of the molecule is COc1ccc(C(=O)NCC2(N3CCOCC3)CCSC2)c(OC)c1. The van der Waals surface area contributed by atoms with E-state index < -0.39 is 0 Å². The fraction of sp³-hybridized carbons (Fsp3) is 0.611. The van der Waals surface area contributed by atoms with Gasteiger partial charge in [-0.3, -0.25) is 9.69 Å². The highest BCUT2D eigenvalue weighted by molar-refractivity contribution is 7.99. The van der Waals surface area contributed by atoms with Crippen LogP contribution in [0.4, 0.5) is 0 Å². The molecule has 0 spiro atoms. The highest BCUT2D eigenvalue weighted by Gasteiger charge is 2.41. The van der Waals surface area contributed by atoms with E-state index in [4.69, 9.17) is 14.2 Å². The lowest BCUT2D eigenvalue weighted by atomic mass is 9.95. The molecule has 2 fully saturated rings. The Balaban J connectivity index is 1.69. The first-order valence-corrected chi connectivity index (χ1v) is 9.75. The van der Waals surface area contributed by atoms with Gasteiger partial charge in [0, 0.05) is 37.0 Å². The molecule has 1 N–H and O–H groups in total. The second-order valence-corrected chi connectivity index (χ2v) is 7.48. The van der Waals surface area contributed by atoms with Gasteiger partial charge in [0.1, 0.15) is 11.5 Å². The fourth-order valence-corrected chi connectivity index (χ4v) is 4.94. The zero-order chi connectivity index (χ0) is 17.7. The number of amides is 1. The van der Waals surface area contributed by atoms with Gasteiger partial charge in [0.2, 0.25) is 0 Å². The molecule has 0 aromatic heterocycles. The van der Waals surface area contributed by atoms with Crippen molar-refractivity contribution in [1.82, 2.24) is 10.2 Å². The number of nitrogens with zero attached hydrogens (tertiary/aromatic N) is 1. The van der Waals surface area contributed by atoms with Crippen LogP contribution in [-0.4, -0.2) is 74.9 Å². The molecule has 0 radical (unpaired) electrons. The topological polar surface area (TPSA) is 60.0 Å². The van der Waals surface area contributed by atoms with Crippen LogP contribution in [0.25, 0.3) is 0 Å². The minimum atomic E-state index is -0.107. The number of hydrogen-bond donors (Lipinski definition) is 1. The fourth-order valence-electron chi connectivity index (χ4n) is 3.46. The van der Waals surface area contributed by atoms with Crippen LogP contribution < -0.4 is 14.8 Å².